The molecule has 1 aliphatic heterocycles. The molecule has 2 heterocycles. The van der Waals surface area contributed by atoms with Crippen LogP contribution in [-0.4, -0.2) is 37.8 Å². The van der Waals surface area contributed by atoms with Crippen molar-refractivity contribution in [1.82, 2.24) is 10.3 Å². The molecule has 0 bridgehead atoms. The smallest absolute Gasteiger partial charge is 0.186 e. The average molecular weight is 291 g/mol. The van der Waals surface area contributed by atoms with E-state index in [4.69, 9.17) is 9.72 Å². The standard InChI is InChI=1S/C15H21N3OS/c1-2-10-19-12-4-5-13-14(11-12)20-15(17-13)18-8-3-6-16-7-9-18/h4-5,11,16H,2-3,6-10H2,1H3. The lowest BCUT2D eigenvalue weighted by Gasteiger charge is -2.17. The molecule has 0 aliphatic carbocycles. The quantitative estimate of drug-likeness (QED) is 0.940. The third kappa shape index (κ3) is 3.04. The molecule has 1 aromatic heterocycles. The fourth-order valence-corrected chi connectivity index (χ4v) is 3.42. The van der Waals surface area contributed by atoms with E-state index < -0.39 is 0 Å². The van der Waals surface area contributed by atoms with E-state index in [2.05, 4.69) is 29.3 Å². The van der Waals surface area contributed by atoms with Gasteiger partial charge in [-0.1, -0.05) is 18.3 Å². The summed E-state index contributed by atoms with van der Waals surface area (Å²) in [5, 5.41) is 4.56. The highest BCUT2D eigenvalue weighted by Crippen LogP contribution is 2.31. The third-order valence-corrected chi connectivity index (χ3v) is 4.51. The second-order valence-electron chi connectivity index (χ2n) is 5.07. The molecule has 0 radical (unpaired) electrons. The Hall–Kier alpha value is -1.33. The number of rotatable bonds is 4. The SMILES string of the molecule is CCCOc1ccc2nc(N3CCCNCC3)sc2c1. The highest BCUT2D eigenvalue weighted by atomic mass is 32.1. The fourth-order valence-electron chi connectivity index (χ4n) is 2.37. The molecule has 0 atom stereocenters. The minimum atomic E-state index is 0.773. The molecule has 20 heavy (non-hydrogen) atoms. The number of aromatic nitrogens is 1. The minimum absolute atomic E-state index is 0.773. The first-order valence-electron chi connectivity index (χ1n) is 7.36. The topological polar surface area (TPSA) is 37.4 Å². The van der Waals surface area contributed by atoms with Crippen LogP contribution in [0.15, 0.2) is 18.2 Å². The Bertz CT molecular complexity index is 561. The van der Waals surface area contributed by atoms with Gasteiger partial charge in [-0.25, -0.2) is 4.98 Å². The van der Waals surface area contributed by atoms with E-state index in [-0.39, 0.29) is 0 Å². The maximum Gasteiger partial charge on any atom is 0.186 e. The third-order valence-electron chi connectivity index (χ3n) is 3.43. The van der Waals surface area contributed by atoms with Gasteiger partial charge in [0.25, 0.3) is 0 Å². The van der Waals surface area contributed by atoms with Crippen LogP contribution in [0.2, 0.25) is 0 Å². The van der Waals surface area contributed by atoms with E-state index in [0.717, 1.165) is 55.6 Å². The van der Waals surface area contributed by atoms with Gasteiger partial charge in [-0.05, 0) is 37.6 Å². The fraction of sp³-hybridized carbons (Fsp3) is 0.533. The molecule has 1 aliphatic rings. The van der Waals surface area contributed by atoms with Gasteiger partial charge < -0.3 is 15.0 Å². The Morgan fingerprint density at radius 2 is 2.30 bits per heavy atom. The molecular formula is C15H21N3OS. The van der Waals surface area contributed by atoms with Crippen molar-refractivity contribution in [2.45, 2.75) is 19.8 Å². The summed E-state index contributed by atoms with van der Waals surface area (Å²) in [6, 6.07) is 6.20. The summed E-state index contributed by atoms with van der Waals surface area (Å²) < 4.78 is 6.91. The number of ether oxygens (including phenoxy) is 1. The summed E-state index contributed by atoms with van der Waals surface area (Å²) in [5.41, 5.74) is 1.08. The average Bonchev–Trinajstić information content (AvgIpc) is 2.70. The molecule has 1 fully saturated rings. The van der Waals surface area contributed by atoms with Crippen LogP contribution < -0.4 is 15.0 Å². The number of thiazole rings is 1. The number of hydrogen-bond donors (Lipinski definition) is 1. The molecule has 0 saturated carbocycles. The molecule has 108 valence electrons. The lowest BCUT2D eigenvalue weighted by atomic mass is 10.3. The van der Waals surface area contributed by atoms with Gasteiger partial charge in [0.2, 0.25) is 0 Å². The Balaban J connectivity index is 1.82. The highest BCUT2D eigenvalue weighted by Gasteiger charge is 2.14. The highest BCUT2D eigenvalue weighted by molar-refractivity contribution is 7.22. The molecule has 2 aromatic rings. The van der Waals surface area contributed by atoms with Gasteiger partial charge in [0.1, 0.15) is 5.75 Å². The van der Waals surface area contributed by atoms with E-state index in [1.165, 1.54) is 11.1 Å². The molecule has 1 saturated heterocycles. The molecule has 4 nitrogen and oxygen atoms in total. The van der Waals surface area contributed by atoms with Crippen molar-refractivity contribution < 1.29 is 4.74 Å². The summed E-state index contributed by atoms with van der Waals surface area (Å²) in [7, 11) is 0. The summed E-state index contributed by atoms with van der Waals surface area (Å²) in [6.07, 6.45) is 2.22. The predicted octanol–water partition coefficient (Wildman–Crippen LogP) is 2.88. The van der Waals surface area contributed by atoms with Crippen molar-refractivity contribution >= 4 is 26.7 Å². The van der Waals surface area contributed by atoms with Gasteiger partial charge in [-0.15, -0.1) is 0 Å². The summed E-state index contributed by atoms with van der Waals surface area (Å²) >= 11 is 1.77. The lowest BCUT2D eigenvalue weighted by molar-refractivity contribution is 0.318. The zero-order chi connectivity index (χ0) is 13.8. The number of nitrogens with zero attached hydrogens (tertiary/aromatic N) is 2. The molecule has 0 amide bonds. The van der Waals surface area contributed by atoms with E-state index in [1.807, 2.05) is 6.07 Å². The first kappa shape index (κ1) is 13.6. The summed E-state index contributed by atoms with van der Waals surface area (Å²) in [6.45, 7) is 7.17. The van der Waals surface area contributed by atoms with Crippen LogP contribution >= 0.6 is 11.3 Å². The number of hydrogen-bond acceptors (Lipinski definition) is 5. The number of benzene rings is 1. The molecule has 0 spiro atoms. The molecule has 0 unspecified atom stereocenters. The van der Waals surface area contributed by atoms with Crippen LogP contribution in [0.1, 0.15) is 19.8 Å². The Morgan fingerprint density at radius 1 is 1.35 bits per heavy atom. The molecule has 5 heteroatoms. The predicted molar refractivity (Wildman–Crippen MR) is 85.1 cm³/mol. The van der Waals surface area contributed by atoms with Crippen LogP contribution in [0, 0.1) is 0 Å². The summed E-state index contributed by atoms with van der Waals surface area (Å²) in [5.74, 6) is 0.951. The second kappa shape index (κ2) is 6.41. The van der Waals surface area contributed by atoms with E-state index in [0.29, 0.717) is 0 Å². The minimum Gasteiger partial charge on any atom is -0.494 e. The Kier molecular flexibility index (Phi) is 4.38. The van der Waals surface area contributed by atoms with Crippen molar-refractivity contribution in [1.29, 1.82) is 0 Å². The number of anilines is 1. The van der Waals surface area contributed by atoms with Crippen LogP contribution in [-0.2, 0) is 0 Å². The Morgan fingerprint density at radius 3 is 3.20 bits per heavy atom. The summed E-state index contributed by atoms with van der Waals surface area (Å²) in [4.78, 5) is 7.15. The monoisotopic (exact) mass is 291 g/mol. The zero-order valence-corrected chi connectivity index (χ0v) is 12.7. The van der Waals surface area contributed by atoms with Crippen molar-refractivity contribution in [2.75, 3.05) is 37.7 Å². The maximum atomic E-state index is 5.69. The molecule has 1 N–H and O–H groups in total. The molecular weight excluding hydrogens is 270 g/mol. The number of fused-ring (bicyclic) bond motifs is 1. The Labute approximate surface area is 123 Å². The first-order valence-corrected chi connectivity index (χ1v) is 8.17. The maximum absolute atomic E-state index is 5.69. The first-order chi connectivity index (χ1) is 9.86. The van der Waals surface area contributed by atoms with E-state index in [9.17, 15) is 0 Å². The van der Waals surface area contributed by atoms with Crippen LogP contribution in [0.4, 0.5) is 5.13 Å². The van der Waals surface area contributed by atoms with Crippen molar-refractivity contribution in [3.63, 3.8) is 0 Å². The van der Waals surface area contributed by atoms with Gasteiger partial charge in [-0.2, -0.15) is 0 Å². The normalized spacial score (nSPS) is 16.4. The van der Waals surface area contributed by atoms with Gasteiger partial charge in [0.15, 0.2) is 5.13 Å². The molecule has 1 aromatic carbocycles. The van der Waals surface area contributed by atoms with Crippen LogP contribution in [0.3, 0.4) is 0 Å². The van der Waals surface area contributed by atoms with Crippen LogP contribution in [0.5, 0.6) is 5.75 Å². The van der Waals surface area contributed by atoms with E-state index >= 15 is 0 Å². The largest absolute Gasteiger partial charge is 0.494 e. The van der Waals surface area contributed by atoms with Gasteiger partial charge >= 0.3 is 0 Å². The number of nitrogens with one attached hydrogen (secondary N) is 1. The van der Waals surface area contributed by atoms with Crippen molar-refractivity contribution in [3.8, 4) is 5.75 Å². The van der Waals surface area contributed by atoms with Gasteiger partial charge in [0, 0.05) is 19.6 Å². The zero-order valence-electron chi connectivity index (χ0n) is 11.9. The molecule has 3 rings (SSSR count). The van der Waals surface area contributed by atoms with E-state index in [1.54, 1.807) is 11.3 Å². The lowest BCUT2D eigenvalue weighted by Crippen LogP contribution is -2.27. The van der Waals surface area contributed by atoms with Crippen LogP contribution in [0.25, 0.3) is 10.2 Å². The van der Waals surface area contributed by atoms with Gasteiger partial charge in [-0.3, -0.25) is 0 Å². The van der Waals surface area contributed by atoms with Gasteiger partial charge in [0.05, 0.1) is 16.8 Å². The van der Waals surface area contributed by atoms with Crippen molar-refractivity contribution in [2.24, 2.45) is 0 Å². The second-order valence-corrected chi connectivity index (χ2v) is 6.07. The van der Waals surface area contributed by atoms with Crippen molar-refractivity contribution in [3.05, 3.63) is 18.2 Å².